The molecule has 6 nitrogen and oxygen atoms in total. The lowest BCUT2D eigenvalue weighted by molar-refractivity contribution is -0.135. The highest BCUT2D eigenvalue weighted by Crippen LogP contribution is 2.37. The van der Waals surface area contributed by atoms with E-state index in [1.807, 2.05) is 37.3 Å². The minimum Gasteiger partial charge on any atom is -0.495 e. The molecule has 0 unspecified atom stereocenters. The van der Waals surface area contributed by atoms with Gasteiger partial charge in [-0.2, -0.15) is 0 Å². The zero-order valence-electron chi connectivity index (χ0n) is 19.0. The van der Waals surface area contributed by atoms with E-state index in [0.29, 0.717) is 23.3 Å². The molecule has 1 saturated carbocycles. The molecule has 1 heterocycles. The molecular weight excluding hydrogens is 402 g/mol. The normalized spacial score (nSPS) is 20.6. The number of hydrogen-bond acceptors (Lipinski definition) is 3. The fourth-order valence-electron chi connectivity index (χ4n) is 4.91. The molecule has 4 rings (SSSR count). The molecule has 2 aromatic carbocycles. The number of rotatable bonds is 5. The average Bonchev–Trinajstić information content (AvgIpc) is 3.34. The maximum atomic E-state index is 12.7. The van der Waals surface area contributed by atoms with Gasteiger partial charge in [0, 0.05) is 24.7 Å². The van der Waals surface area contributed by atoms with Gasteiger partial charge in [-0.1, -0.05) is 18.2 Å². The van der Waals surface area contributed by atoms with Gasteiger partial charge in [0.25, 0.3) is 0 Å². The number of carbonyl (C=O) groups excluding carboxylic acids is 2. The largest absolute Gasteiger partial charge is 0.495 e. The van der Waals surface area contributed by atoms with Crippen molar-refractivity contribution in [3.8, 4) is 5.75 Å². The van der Waals surface area contributed by atoms with Gasteiger partial charge in [0.15, 0.2) is 0 Å². The van der Waals surface area contributed by atoms with Crippen LogP contribution in [-0.4, -0.2) is 37.0 Å². The molecule has 2 aromatic rings. The van der Waals surface area contributed by atoms with Gasteiger partial charge < -0.3 is 20.3 Å². The quantitative estimate of drug-likeness (QED) is 0.647. The Morgan fingerprint density at radius 2 is 1.62 bits per heavy atom. The van der Waals surface area contributed by atoms with E-state index >= 15 is 0 Å². The molecule has 0 spiro atoms. The lowest BCUT2D eigenvalue weighted by Crippen LogP contribution is -2.35. The first-order valence-electron chi connectivity index (χ1n) is 11.6. The van der Waals surface area contributed by atoms with Gasteiger partial charge in [-0.25, -0.2) is 4.79 Å². The second-order valence-corrected chi connectivity index (χ2v) is 8.99. The van der Waals surface area contributed by atoms with Gasteiger partial charge in [-0.05, 0) is 86.8 Å². The summed E-state index contributed by atoms with van der Waals surface area (Å²) in [4.78, 5) is 27.2. The third-order valence-corrected chi connectivity index (χ3v) is 6.74. The fourth-order valence-corrected chi connectivity index (χ4v) is 4.91. The molecule has 2 aliphatic rings. The first kappa shape index (κ1) is 22.2. The summed E-state index contributed by atoms with van der Waals surface area (Å²) in [5, 5.41) is 5.75. The molecule has 0 radical (unpaired) electrons. The highest BCUT2D eigenvalue weighted by molar-refractivity contribution is 6.00. The molecule has 1 aliphatic carbocycles. The number of benzene rings is 2. The number of amides is 3. The minimum atomic E-state index is -0.303. The van der Waals surface area contributed by atoms with Crippen LogP contribution in [0.4, 0.5) is 16.2 Å². The van der Waals surface area contributed by atoms with Crippen LogP contribution in [0.1, 0.15) is 55.6 Å². The maximum Gasteiger partial charge on any atom is 0.323 e. The number of nitrogens with zero attached hydrogens (tertiary/aromatic N) is 1. The van der Waals surface area contributed by atoms with Crippen molar-refractivity contribution in [3.63, 3.8) is 0 Å². The predicted octanol–water partition coefficient (Wildman–Crippen LogP) is 5.54. The Morgan fingerprint density at radius 3 is 2.28 bits per heavy atom. The van der Waals surface area contributed by atoms with Crippen molar-refractivity contribution in [1.82, 2.24) is 4.90 Å². The number of carbonyl (C=O) groups is 2. The van der Waals surface area contributed by atoms with Crippen LogP contribution in [0, 0.1) is 12.8 Å². The maximum absolute atomic E-state index is 12.7. The number of hydrogen-bond donors (Lipinski definition) is 2. The average molecular weight is 436 g/mol. The van der Waals surface area contributed by atoms with Crippen molar-refractivity contribution in [2.45, 2.75) is 51.4 Å². The van der Waals surface area contributed by atoms with Gasteiger partial charge in [-0.3, -0.25) is 4.79 Å². The third-order valence-electron chi connectivity index (χ3n) is 6.74. The Balaban J connectivity index is 1.29. The molecule has 3 amide bonds. The van der Waals surface area contributed by atoms with Crippen LogP contribution >= 0.6 is 0 Å². The van der Waals surface area contributed by atoms with E-state index in [-0.39, 0.29) is 11.9 Å². The van der Waals surface area contributed by atoms with Gasteiger partial charge in [0.2, 0.25) is 5.91 Å². The molecule has 1 aliphatic heterocycles. The SMILES string of the molecule is COc1ccc(C)cc1NC(=O)Nc1ccc([C@H]2CC[C@@H](C(=O)N3CCCC3)CC2)cc1. The summed E-state index contributed by atoms with van der Waals surface area (Å²) < 4.78 is 5.32. The Hall–Kier alpha value is -3.02. The van der Waals surface area contributed by atoms with E-state index in [1.54, 1.807) is 7.11 Å². The highest BCUT2D eigenvalue weighted by atomic mass is 16.5. The highest BCUT2D eigenvalue weighted by Gasteiger charge is 2.31. The lowest BCUT2D eigenvalue weighted by atomic mass is 9.78. The zero-order chi connectivity index (χ0) is 22.5. The Kier molecular flexibility index (Phi) is 6.98. The summed E-state index contributed by atoms with van der Waals surface area (Å²) >= 11 is 0. The number of anilines is 2. The van der Waals surface area contributed by atoms with Crippen LogP contribution < -0.4 is 15.4 Å². The molecule has 6 heteroatoms. The van der Waals surface area contributed by atoms with E-state index in [4.69, 9.17) is 4.74 Å². The summed E-state index contributed by atoms with van der Waals surface area (Å²) in [6.45, 7) is 3.85. The number of nitrogens with one attached hydrogen (secondary N) is 2. The second-order valence-electron chi connectivity index (χ2n) is 8.99. The van der Waals surface area contributed by atoms with Gasteiger partial charge in [0.05, 0.1) is 12.8 Å². The number of aryl methyl sites for hydroxylation is 1. The Morgan fingerprint density at radius 1 is 0.938 bits per heavy atom. The van der Waals surface area contributed by atoms with Crippen molar-refractivity contribution < 1.29 is 14.3 Å². The Bertz CT molecular complexity index is 943. The molecular formula is C26H33N3O3. The minimum absolute atomic E-state index is 0.201. The predicted molar refractivity (Wildman–Crippen MR) is 127 cm³/mol. The number of urea groups is 1. The molecule has 2 fully saturated rings. The summed E-state index contributed by atoms with van der Waals surface area (Å²) in [6.07, 6.45) is 6.34. The van der Waals surface area contributed by atoms with Crippen LogP contribution in [0.25, 0.3) is 0 Å². The molecule has 32 heavy (non-hydrogen) atoms. The van der Waals surface area contributed by atoms with Crippen LogP contribution in [-0.2, 0) is 4.79 Å². The second kappa shape index (κ2) is 10.1. The first-order valence-corrected chi connectivity index (χ1v) is 11.6. The van der Waals surface area contributed by atoms with Crippen molar-refractivity contribution >= 4 is 23.3 Å². The van der Waals surface area contributed by atoms with Gasteiger partial charge in [-0.15, -0.1) is 0 Å². The molecule has 170 valence electrons. The molecule has 1 saturated heterocycles. The summed E-state index contributed by atoms with van der Waals surface area (Å²) in [5.41, 5.74) is 3.71. The molecule has 0 aromatic heterocycles. The van der Waals surface area contributed by atoms with Crippen LogP contribution in [0.5, 0.6) is 5.75 Å². The monoisotopic (exact) mass is 435 g/mol. The van der Waals surface area contributed by atoms with E-state index in [1.165, 1.54) is 5.56 Å². The fraction of sp³-hybridized carbons (Fsp3) is 0.462. The number of methoxy groups -OCH3 is 1. The summed E-state index contributed by atoms with van der Waals surface area (Å²) in [5.74, 6) is 1.68. The van der Waals surface area contributed by atoms with E-state index in [2.05, 4.69) is 27.7 Å². The van der Waals surface area contributed by atoms with Gasteiger partial charge >= 0.3 is 6.03 Å². The third kappa shape index (κ3) is 5.23. The molecule has 0 bridgehead atoms. The first-order chi connectivity index (χ1) is 15.5. The van der Waals surface area contributed by atoms with E-state index in [0.717, 1.165) is 62.9 Å². The summed E-state index contributed by atoms with van der Waals surface area (Å²) in [6, 6.07) is 13.4. The number of likely N-dealkylation sites (tertiary alicyclic amines) is 1. The van der Waals surface area contributed by atoms with Gasteiger partial charge in [0.1, 0.15) is 5.75 Å². The van der Waals surface area contributed by atoms with Crippen molar-refractivity contribution in [1.29, 1.82) is 0 Å². The molecule has 0 atom stereocenters. The van der Waals surface area contributed by atoms with Crippen molar-refractivity contribution in [2.24, 2.45) is 5.92 Å². The molecule has 2 N–H and O–H groups in total. The zero-order valence-corrected chi connectivity index (χ0v) is 19.0. The topological polar surface area (TPSA) is 70.7 Å². The smallest absolute Gasteiger partial charge is 0.323 e. The van der Waals surface area contributed by atoms with Crippen LogP contribution in [0.15, 0.2) is 42.5 Å². The van der Waals surface area contributed by atoms with Crippen LogP contribution in [0.2, 0.25) is 0 Å². The van der Waals surface area contributed by atoms with Crippen molar-refractivity contribution in [2.75, 3.05) is 30.8 Å². The summed E-state index contributed by atoms with van der Waals surface area (Å²) in [7, 11) is 1.59. The van der Waals surface area contributed by atoms with E-state index in [9.17, 15) is 9.59 Å². The lowest BCUT2D eigenvalue weighted by Gasteiger charge is -2.30. The standard InChI is InChI=1S/C26H33N3O3/c1-18-5-14-24(32-2)23(17-18)28-26(31)27-22-12-10-20(11-13-22)19-6-8-21(9-7-19)25(30)29-15-3-4-16-29/h5,10-14,17,19,21H,3-4,6-9,15-16H2,1-2H3,(H2,27,28,31)/t19-,21+. The Labute approximate surface area is 190 Å². The van der Waals surface area contributed by atoms with Crippen LogP contribution in [0.3, 0.4) is 0 Å². The number of ether oxygens (including phenoxy) is 1. The van der Waals surface area contributed by atoms with E-state index < -0.39 is 0 Å². The van der Waals surface area contributed by atoms with Crippen molar-refractivity contribution in [3.05, 3.63) is 53.6 Å².